The van der Waals surface area contributed by atoms with Crippen LogP contribution in [0.25, 0.3) is 0 Å². The molecule has 2 heterocycles. The highest BCUT2D eigenvalue weighted by Crippen LogP contribution is 2.31. The predicted molar refractivity (Wildman–Crippen MR) is 74.5 cm³/mol. The topological polar surface area (TPSA) is 43.4 Å². The number of thiazole rings is 1. The molecule has 0 amide bonds. The molecule has 0 unspecified atom stereocenters. The molecule has 1 aliphatic heterocycles. The van der Waals surface area contributed by atoms with Gasteiger partial charge in [-0.05, 0) is 12.1 Å². The Morgan fingerprint density at radius 3 is 2.81 bits per heavy atom. The van der Waals surface area contributed by atoms with E-state index < -0.39 is 23.5 Å². The van der Waals surface area contributed by atoms with Crippen molar-refractivity contribution in [3.8, 4) is 5.75 Å². The van der Waals surface area contributed by atoms with Gasteiger partial charge in [-0.25, -0.2) is 13.8 Å². The number of hydrogen-bond acceptors (Lipinski definition) is 5. The third kappa shape index (κ3) is 3.20. The van der Waals surface area contributed by atoms with Crippen molar-refractivity contribution in [1.82, 2.24) is 10.3 Å². The molecular formula is C14H14F2N2O2S. The van der Waals surface area contributed by atoms with Crippen molar-refractivity contribution in [3.05, 3.63) is 46.4 Å². The van der Waals surface area contributed by atoms with Gasteiger partial charge in [0.05, 0.1) is 6.61 Å². The lowest BCUT2D eigenvalue weighted by Crippen LogP contribution is -2.43. The summed E-state index contributed by atoms with van der Waals surface area (Å²) < 4.78 is 38.8. The molecule has 0 bridgehead atoms. The molecule has 21 heavy (non-hydrogen) atoms. The molecule has 2 aromatic rings. The molecule has 1 aromatic heterocycles. The normalized spacial score (nSPS) is 20.2. The van der Waals surface area contributed by atoms with Crippen molar-refractivity contribution in [2.45, 2.75) is 12.2 Å². The van der Waals surface area contributed by atoms with Crippen molar-refractivity contribution in [2.75, 3.05) is 19.7 Å². The molecule has 0 spiro atoms. The van der Waals surface area contributed by atoms with Gasteiger partial charge < -0.3 is 14.8 Å². The first-order valence-corrected chi connectivity index (χ1v) is 7.46. The van der Waals surface area contributed by atoms with Crippen molar-refractivity contribution in [2.24, 2.45) is 0 Å². The first kappa shape index (κ1) is 14.4. The van der Waals surface area contributed by atoms with Gasteiger partial charge in [-0.15, -0.1) is 11.3 Å². The van der Waals surface area contributed by atoms with Gasteiger partial charge in [0.25, 0.3) is 0 Å². The Morgan fingerprint density at radius 1 is 1.38 bits per heavy atom. The van der Waals surface area contributed by atoms with E-state index in [0.717, 1.165) is 18.7 Å². The maximum absolute atomic E-state index is 13.8. The van der Waals surface area contributed by atoms with Gasteiger partial charge in [-0.3, -0.25) is 0 Å². The maximum Gasteiger partial charge on any atom is 0.191 e. The summed E-state index contributed by atoms with van der Waals surface area (Å²) in [6.07, 6.45) is 0.637. The summed E-state index contributed by atoms with van der Waals surface area (Å²) in [6.45, 7) is 1.81. The highest BCUT2D eigenvalue weighted by atomic mass is 32.1. The summed E-state index contributed by atoms with van der Waals surface area (Å²) >= 11 is 1.37. The lowest BCUT2D eigenvalue weighted by atomic mass is 10.2. The molecule has 4 nitrogen and oxygen atoms in total. The summed E-state index contributed by atoms with van der Waals surface area (Å²) in [4.78, 5) is 4.19. The van der Waals surface area contributed by atoms with E-state index in [1.807, 2.05) is 0 Å². The van der Waals surface area contributed by atoms with Crippen LogP contribution in [0.1, 0.15) is 11.1 Å². The van der Waals surface area contributed by atoms with Gasteiger partial charge in [0, 0.05) is 24.7 Å². The number of para-hydroxylation sites is 1. The first-order chi connectivity index (χ1) is 10.3. The highest BCUT2D eigenvalue weighted by Gasteiger charge is 2.31. The summed E-state index contributed by atoms with van der Waals surface area (Å²) in [7, 11) is 0. The Kier molecular flexibility index (Phi) is 4.42. The van der Waals surface area contributed by atoms with Crippen LogP contribution in [0.4, 0.5) is 8.78 Å². The van der Waals surface area contributed by atoms with Crippen molar-refractivity contribution in [1.29, 1.82) is 0 Å². The number of aromatic nitrogens is 1. The van der Waals surface area contributed by atoms with Crippen LogP contribution in [0.5, 0.6) is 5.75 Å². The van der Waals surface area contributed by atoms with Crippen LogP contribution in [0.15, 0.2) is 29.8 Å². The number of benzene rings is 1. The minimum atomic E-state index is -0.736. The standard InChI is InChI=1S/C14H14F2N2O2S/c15-9-2-1-3-10(16)12(9)20-13(14-18-5-7-21-14)11-8-17-4-6-19-11/h1-3,5,7,11,13,17H,4,6,8H2/t11-,13+/m0/s1. The molecule has 1 N–H and O–H groups in total. The average molecular weight is 312 g/mol. The average Bonchev–Trinajstić information content (AvgIpc) is 3.02. The summed E-state index contributed by atoms with van der Waals surface area (Å²) in [5.41, 5.74) is 0. The predicted octanol–water partition coefficient (Wildman–Crippen LogP) is 2.53. The molecular weight excluding hydrogens is 298 g/mol. The van der Waals surface area contributed by atoms with Gasteiger partial charge in [0.1, 0.15) is 11.1 Å². The van der Waals surface area contributed by atoms with E-state index in [1.54, 1.807) is 11.6 Å². The van der Waals surface area contributed by atoms with E-state index in [1.165, 1.54) is 17.4 Å². The Morgan fingerprint density at radius 2 is 2.19 bits per heavy atom. The number of halogens is 2. The van der Waals surface area contributed by atoms with E-state index in [-0.39, 0.29) is 6.10 Å². The fraction of sp³-hybridized carbons (Fsp3) is 0.357. The molecule has 1 aliphatic rings. The molecule has 0 saturated carbocycles. The number of ether oxygens (including phenoxy) is 2. The van der Waals surface area contributed by atoms with Crippen molar-refractivity contribution in [3.63, 3.8) is 0 Å². The first-order valence-electron chi connectivity index (χ1n) is 6.58. The second kappa shape index (κ2) is 6.46. The van der Waals surface area contributed by atoms with Crippen LogP contribution < -0.4 is 10.1 Å². The Labute approximate surface area is 124 Å². The Bertz CT molecular complexity index is 568. The zero-order chi connectivity index (χ0) is 14.7. The minimum Gasteiger partial charge on any atom is -0.474 e. The van der Waals surface area contributed by atoms with Gasteiger partial charge in [-0.2, -0.15) is 0 Å². The van der Waals surface area contributed by atoms with E-state index in [9.17, 15) is 8.78 Å². The summed E-state index contributed by atoms with van der Waals surface area (Å²) in [6, 6.07) is 3.63. The summed E-state index contributed by atoms with van der Waals surface area (Å²) in [5.74, 6) is -1.87. The number of nitrogens with zero attached hydrogens (tertiary/aromatic N) is 1. The van der Waals surface area contributed by atoms with Gasteiger partial charge in [-0.1, -0.05) is 6.07 Å². The lowest BCUT2D eigenvalue weighted by molar-refractivity contribution is -0.0453. The molecule has 1 saturated heterocycles. The smallest absolute Gasteiger partial charge is 0.191 e. The summed E-state index contributed by atoms with van der Waals surface area (Å²) in [5, 5.41) is 5.60. The lowest BCUT2D eigenvalue weighted by Gasteiger charge is -2.30. The highest BCUT2D eigenvalue weighted by molar-refractivity contribution is 7.09. The fourth-order valence-corrected chi connectivity index (χ4v) is 2.88. The van der Waals surface area contributed by atoms with Crippen LogP contribution in [0, 0.1) is 11.6 Å². The maximum atomic E-state index is 13.8. The molecule has 1 aromatic carbocycles. The van der Waals surface area contributed by atoms with Gasteiger partial charge in [0.2, 0.25) is 0 Å². The molecule has 3 rings (SSSR count). The number of rotatable bonds is 4. The third-order valence-electron chi connectivity index (χ3n) is 3.15. The van der Waals surface area contributed by atoms with Gasteiger partial charge in [0.15, 0.2) is 23.5 Å². The molecule has 0 radical (unpaired) electrons. The van der Waals surface area contributed by atoms with E-state index in [2.05, 4.69) is 10.3 Å². The van der Waals surface area contributed by atoms with E-state index in [0.29, 0.717) is 18.2 Å². The minimum absolute atomic E-state index is 0.344. The molecule has 2 atom stereocenters. The quantitative estimate of drug-likeness (QED) is 0.942. The number of nitrogens with one attached hydrogen (secondary N) is 1. The van der Waals surface area contributed by atoms with E-state index in [4.69, 9.17) is 9.47 Å². The third-order valence-corrected chi connectivity index (χ3v) is 3.99. The molecule has 112 valence electrons. The van der Waals surface area contributed by atoms with Crippen LogP contribution in [-0.2, 0) is 4.74 Å². The molecule has 1 fully saturated rings. The second-order valence-electron chi connectivity index (χ2n) is 4.57. The zero-order valence-electron chi connectivity index (χ0n) is 11.1. The van der Waals surface area contributed by atoms with Crippen molar-refractivity contribution < 1.29 is 18.3 Å². The van der Waals surface area contributed by atoms with Crippen LogP contribution in [-0.4, -0.2) is 30.8 Å². The largest absolute Gasteiger partial charge is 0.474 e. The SMILES string of the molecule is Fc1cccc(F)c1O[C@@H](c1nccs1)[C@@H]1CNCCO1. The van der Waals surface area contributed by atoms with E-state index >= 15 is 0 Å². The van der Waals surface area contributed by atoms with Gasteiger partial charge >= 0.3 is 0 Å². The fourth-order valence-electron chi connectivity index (χ4n) is 2.16. The Hall–Kier alpha value is -1.57. The monoisotopic (exact) mass is 312 g/mol. The number of morpholine rings is 1. The molecule has 7 heteroatoms. The van der Waals surface area contributed by atoms with Crippen molar-refractivity contribution >= 4 is 11.3 Å². The van der Waals surface area contributed by atoms with Crippen LogP contribution in [0.3, 0.4) is 0 Å². The second-order valence-corrected chi connectivity index (χ2v) is 5.50. The Balaban J connectivity index is 1.89. The van der Waals surface area contributed by atoms with Crippen LogP contribution in [0.2, 0.25) is 0 Å². The number of hydrogen-bond donors (Lipinski definition) is 1. The zero-order valence-corrected chi connectivity index (χ0v) is 11.9. The molecule has 0 aliphatic carbocycles. The van der Waals surface area contributed by atoms with Crippen LogP contribution >= 0.6 is 11.3 Å².